The van der Waals surface area contributed by atoms with Gasteiger partial charge in [-0.2, -0.15) is 0 Å². The Morgan fingerprint density at radius 2 is 1.87 bits per heavy atom. The number of fused-ring (bicyclic) bond motifs is 1. The van der Waals surface area contributed by atoms with Crippen molar-refractivity contribution in [2.75, 3.05) is 19.9 Å². The molecule has 0 aromatic heterocycles. The number of ether oxygens (including phenoxy) is 2. The average Bonchev–Trinajstić information content (AvgIpc) is 2.26. The van der Waals surface area contributed by atoms with Gasteiger partial charge >= 0.3 is 0 Å². The van der Waals surface area contributed by atoms with Crippen LogP contribution in [0.25, 0.3) is 0 Å². The standard InChI is InChI=1S/C11H12ClFO2/c12-9-7-11-10(14-4-5-15-11)6-8(9)2-1-3-13/h6-7H,1-5H2. The number of benzene rings is 1. The van der Waals surface area contributed by atoms with Crippen LogP contribution < -0.4 is 9.47 Å². The Bertz CT molecular complexity index is 355. The third kappa shape index (κ3) is 2.34. The molecule has 0 N–H and O–H groups in total. The first-order valence-electron chi connectivity index (χ1n) is 4.95. The van der Waals surface area contributed by atoms with Crippen molar-refractivity contribution >= 4 is 11.6 Å². The van der Waals surface area contributed by atoms with Gasteiger partial charge in [0.25, 0.3) is 0 Å². The highest BCUT2D eigenvalue weighted by atomic mass is 35.5. The lowest BCUT2D eigenvalue weighted by Crippen LogP contribution is -2.15. The van der Waals surface area contributed by atoms with Gasteiger partial charge in [0.15, 0.2) is 11.5 Å². The summed E-state index contributed by atoms with van der Waals surface area (Å²) in [5.41, 5.74) is 0.915. The second-order valence-corrected chi connectivity index (χ2v) is 3.79. The van der Waals surface area contributed by atoms with Crippen LogP contribution in [0.15, 0.2) is 12.1 Å². The predicted molar refractivity (Wildman–Crippen MR) is 56.7 cm³/mol. The second-order valence-electron chi connectivity index (χ2n) is 3.38. The van der Waals surface area contributed by atoms with Crippen molar-refractivity contribution in [2.24, 2.45) is 0 Å². The normalized spacial score (nSPS) is 14.0. The molecule has 1 heterocycles. The Morgan fingerprint density at radius 3 is 2.53 bits per heavy atom. The van der Waals surface area contributed by atoms with Crippen molar-refractivity contribution in [3.05, 3.63) is 22.7 Å². The number of halogens is 2. The van der Waals surface area contributed by atoms with Gasteiger partial charge in [-0.1, -0.05) is 11.6 Å². The van der Waals surface area contributed by atoms with Crippen LogP contribution in [0, 0.1) is 0 Å². The fourth-order valence-corrected chi connectivity index (χ4v) is 1.80. The van der Waals surface area contributed by atoms with Gasteiger partial charge in [-0.15, -0.1) is 0 Å². The Balaban J connectivity index is 2.24. The van der Waals surface area contributed by atoms with E-state index in [1.807, 2.05) is 6.07 Å². The molecule has 0 spiro atoms. The summed E-state index contributed by atoms with van der Waals surface area (Å²) in [5.74, 6) is 1.38. The Labute approximate surface area is 92.9 Å². The van der Waals surface area contributed by atoms with E-state index >= 15 is 0 Å². The van der Waals surface area contributed by atoms with Gasteiger partial charge in [0, 0.05) is 11.1 Å². The van der Waals surface area contributed by atoms with Gasteiger partial charge in [0.2, 0.25) is 0 Å². The number of aryl methyl sites for hydroxylation is 1. The van der Waals surface area contributed by atoms with Crippen molar-refractivity contribution in [1.29, 1.82) is 0 Å². The summed E-state index contributed by atoms with van der Waals surface area (Å²) in [6.45, 7) is 0.773. The summed E-state index contributed by atoms with van der Waals surface area (Å²) in [4.78, 5) is 0. The molecule has 0 saturated heterocycles. The molecular weight excluding hydrogens is 219 g/mol. The third-order valence-corrected chi connectivity index (χ3v) is 2.64. The minimum Gasteiger partial charge on any atom is -0.486 e. The van der Waals surface area contributed by atoms with Crippen LogP contribution in [0.3, 0.4) is 0 Å². The molecule has 0 aliphatic carbocycles. The largest absolute Gasteiger partial charge is 0.486 e. The summed E-state index contributed by atoms with van der Waals surface area (Å²) in [6.07, 6.45) is 1.12. The van der Waals surface area contributed by atoms with E-state index in [4.69, 9.17) is 21.1 Å². The highest BCUT2D eigenvalue weighted by Crippen LogP contribution is 2.35. The zero-order valence-corrected chi connectivity index (χ0v) is 9.02. The van der Waals surface area contributed by atoms with Gasteiger partial charge in [-0.25, -0.2) is 0 Å². The SMILES string of the molecule is FCCCc1cc2c(cc1Cl)OCCO2. The molecule has 0 saturated carbocycles. The van der Waals surface area contributed by atoms with E-state index in [0.29, 0.717) is 42.6 Å². The summed E-state index contributed by atoms with van der Waals surface area (Å²) < 4.78 is 22.9. The molecule has 1 aliphatic heterocycles. The van der Waals surface area contributed by atoms with E-state index < -0.39 is 0 Å². The first-order valence-corrected chi connectivity index (χ1v) is 5.33. The Hall–Kier alpha value is -0.960. The van der Waals surface area contributed by atoms with Crippen LogP contribution in [-0.2, 0) is 6.42 Å². The number of alkyl halides is 1. The topological polar surface area (TPSA) is 18.5 Å². The first kappa shape index (κ1) is 10.6. The fourth-order valence-electron chi connectivity index (χ4n) is 1.55. The highest BCUT2D eigenvalue weighted by Gasteiger charge is 2.14. The summed E-state index contributed by atoms with van der Waals surface area (Å²) >= 11 is 6.04. The van der Waals surface area contributed by atoms with E-state index in [0.717, 1.165) is 5.56 Å². The van der Waals surface area contributed by atoms with E-state index in [1.54, 1.807) is 6.07 Å². The lowest BCUT2D eigenvalue weighted by molar-refractivity contribution is 0.171. The Morgan fingerprint density at radius 1 is 1.20 bits per heavy atom. The minimum absolute atomic E-state index is 0.329. The predicted octanol–water partition coefficient (Wildman–Crippen LogP) is 3.01. The van der Waals surface area contributed by atoms with Gasteiger partial charge in [0.05, 0.1) is 6.67 Å². The van der Waals surface area contributed by atoms with Crippen molar-refractivity contribution in [1.82, 2.24) is 0 Å². The maximum atomic E-state index is 12.1. The van der Waals surface area contributed by atoms with Crippen molar-refractivity contribution in [3.63, 3.8) is 0 Å². The minimum atomic E-state index is -0.329. The summed E-state index contributed by atoms with van der Waals surface area (Å²) in [5, 5.41) is 0.618. The van der Waals surface area contributed by atoms with Crippen LogP contribution in [-0.4, -0.2) is 19.9 Å². The van der Waals surface area contributed by atoms with E-state index in [9.17, 15) is 4.39 Å². The average molecular weight is 231 g/mol. The van der Waals surface area contributed by atoms with Gasteiger partial charge in [0.1, 0.15) is 13.2 Å². The third-order valence-electron chi connectivity index (χ3n) is 2.29. The lowest BCUT2D eigenvalue weighted by Gasteiger charge is -2.19. The smallest absolute Gasteiger partial charge is 0.162 e. The molecule has 0 radical (unpaired) electrons. The molecule has 15 heavy (non-hydrogen) atoms. The quantitative estimate of drug-likeness (QED) is 0.795. The van der Waals surface area contributed by atoms with E-state index in [1.165, 1.54) is 0 Å². The van der Waals surface area contributed by atoms with E-state index in [-0.39, 0.29) is 6.67 Å². The Kier molecular flexibility index (Phi) is 3.31. The summed E-state index contributed by atoms with van der Waals surface area (Å²) in [6, 6.07) is 3.58. The van der Waals surface area contributed by atoms with Crippen LogP contribution in [0.4, 0.5) is 4.39 Å². The van der Waals surface area contributed by atoms with Crippen LogP contribution >= 0.6 is 11.6 Å². The van der Waals surface area contributed by atoms with Crippen LogP contribution in [0.2, 0.25) is 5.02 Å². The molecule has 82 valence electrons. The van der Waals surface area contributed by atoms with Gasteiger partial charge in [-0.3, -0.25) is 4.39 Å². The molecule has 0 unspecified atom stereocenters. The number of hydrogen-bond donors (Lipinski definition) is 0. The zero-order valence-electron chi connectivity index (χ0n) is 8.26. The zero-order chi connectivity index (χ0) is 10.7. The number of hydrogen-bond acceptors (Lipinski definition) is 2. The van der Waals surface area contributed by atoms with Crippen molar-refractivity contribution < 1.29 is 13.9 Å². The molecule has 0 amide bonds. The number of rotatable bonds is 3. The van der Waals surface area contributed by atoms with Crippen LogP contribution in [0.1, 0.15) is 12.0 Å². The molecule has 0 bridgehead atoms. The van der Waals surface area contributed by atoms with Gasteiger partial charge < -0.3 is 9.47 Å². The second kappa shape index (κ2) is 4.71. The molecule has 2 nitrogen and oxygen atoms in total. The van der Waals surface area contributed by atoms with E-state index in [2.05, 4.69) is 0 Å². The maximum absolute atomic E-state index is 12.1. The molecular formula is C11H12ClFO2. The highest BCUT2D eigenvalue weighted by molar-refractivity contribution is 6.31. The molecule has 1 aromatic carbocycles. The molecule has 4 heteroatoms. The van der Waals surface area contributed by atoms with Crippen LogP contribution in [0.5, 0.6) is 11.5 Å². The monoisotopic (exact) mass is 230 g/mol. The molecule has 0 fully saturated rings. The molecule has 2 rings (SSSR count). The molecule has 0 atom stereocenters. The fraction of sp³-hybridized carbons (Fsp3) is 0.455. The maximum Gasteiger partial charge on any atom is 0.162 e. The lowest BCUT2D eigenvalue weighted by atomic mass is 10.1. The van der Waals surface area contributed by atoms with Crippen molar-refractivity contribution in [2.45, 2.75) is 12.8 Å². The summed E-state index contributed by atoms with van der Waals surface area (Å²) in [7, 11) is 0. The van der Waals surface area contributed by atoms with Crippen molar-refractivity contribution in [3.8, 4) is 11.5 Å². The molecule has 1 aliphatic rings. The molecule has 1 aromatic rings. The first-order chi connectivity index (χ1) is 7.31. The van der Waals surface area contributed by atoms with Gasteiger partial charge in [-0.05, 0) is 24.5 Å².